The maximum Gasteiger partial charge on any atom is 0.195 e. The summed E-state index contributed by atoms with van der Waals surface area (Å²) in [6, 6.07) is 10.6. The lowest BCUT2D eigenvalue weighted by molar-refractivity contribution is 0.0976. The highest BCUT2D eigenvalue weighted by Gasteiger charge is 2.34. The predicted molar refractivity (Wildman–Crippen MR) is 80.6 cm³/mol. The molecule has 0 aromatic heterocycles. The highest BCUT2D eigenvalue weighted by molar-refractivity contribution is 7.91. The van der Waals surface area contributed by atoms with Crippen LogP contribution in [0.25, 0.3) is 0 Å². The van der Waals surface area contributed by atoms with E-state index in [-0.39, 0.29) is 32.9 Å². The van der Waals surface area contributed by atoms with Gasteiger partial charge in [0.25, 0.3) is 0 Å². The molecule has 22 heavy (non-hydrogen) atoms. The predicted octanol–water partition coefficient (Wildman–Crippen LogP) is 1.87. The molecular weight excluding hydrogens is 300 g/mol. The first-order valence-corrected chi connectivity index (χ1v) is 8.10. The Kier molecular flexibility index (Phi) is 3.19. The number of carbonyl (C=O) groups is 2. The number of fused-ring (bicyclic) bond motifs is 2. The van der Waals surface area contributed by atoms with E-state index in [1.807, 2.05) is 0 Å². The first kappa shape index (κ1) is 14.2. The molecule has 0 N–H and O–H groups in total. The summed E-state index contributed by atoms with van der Waals surface area (Å²) in [4.78, 5) is 25.0. The Hall–Kier alpha value is -2.71. The van der Waals surface area contributed by atoms with Crippen molar-refractivity contribution in [3.05, 3.63) is 64.7 Å². The summed E-state index contributed by atoms with van der Waals surface area (Å²) in [5, 5.41) is 0. The monoisotopic (exact) mass is 310 g/mol. The van der Waals surface area contributed by atoms with Gasteiger partial charge in [0, 0.05) is 16.7 Å². The number of terminal acetylenes is 1. The van der Waals surface area contributed by atoms with Crippen molar-refractivity contribution in [2.24, 2.45) is 0 Å². The molecule has 0 aliphatic heterocycles. The van der Waals surface area contributed by atoms with E-state index in [2.05, 4.69) is 5.92 Å². The van der Waals surface area contributed by atoms with Crippen LogP contribution in [0.5, 0.6) is 0 Å². The topological polar surface area (TPSA) is 68.3 Å². The van der Waals surface area contributed by atoms with Crippen LogP contribution in [0.3, 0.4) is 0 Å². The lowest BCUT2D eigenvalue weighted by atomic mass is 9.84. The summed E-state index contributed by atoms with van der Waals surface area (Å²) in [6.45, 7) is 0. The fraction of sp³-hybridized carbons (Fsp3) is 0.0588. The zero-order valence-electron chi connectivity index (χ0n) is 11.4. The molecule has 0 saturated carbocycles. The second-order valence-corrected chi connectivity index (χ2v) is 6.80. The van der Waals surface area contributed by atoms with Gasteiger partial charge in [0.15, 0.2) is 21.4 Å². The minimum atomic E-state index is -3.82. The molecule has 0 unspecified atom stereocenters. The first-order chi connectivity index (χ1) is 10.5. The van der Waals surface area contributed by atoms with Crippen LogP contribution in [0.15, 0.2) is 47.4 Å². The molecule has 0 heterocycles. The molecule has 0 bridgehead atoms. The Balaban J connectivity index is 2.34. The smallest absolute Gasteiger partial charge is 0.195 e. The third kappa shape index (κ3) is 1.97. The lowest BCUT2D eigenvalue weighted by Crippen LogP contribution is -2.24. The van der Waals surface area contributed by atoms with E-state index in [1.165, 1.54) is 24.3 Å². The normalized spacial score (nSPS) is 13.2. The Bertz CT molecular complexity index is 962. The standard InChI is InChI=1S/C17H10O4S/c1-2-10-22(20,21)14-9-5-8-13-15(14)17(19)12-7-4-3-6-11(12)16(13)18/h1,3-9H,10H2. The zero-order valence-corrected chi connectivity index (χ0v) is 12.2. The highest BCUT2D eigenvalue weighted by atomic mass is 32.2. The fourth-order valence-corrected chi connectivity index (χ4v) is 3.73. The lowest BCUT2D eigenvalue weighted by Gasteiger charge is -2.19. The van der Waals surface area contributed by atoms with E-state index in [0.717, 1.165) is 0 Å². The Morgan fingerprint density at radius 1 is 0.864 bits per heavy atom. The molecule has 108 valence electrons. The van der Waals surface area contributed by atoms with Crippen molar-refractivity contribution in [2.45, 2.75) is 4.90 Å². The summed E-state index contributed by atoms with van der Waals surface area (Å²) in [7, 11) is -3.82. The van der Waals surface area contributed by atoms with Gasteiger partial charge in [0.2, 0.25) is 0 Å². The minimum absolute atomic E-state index is 0.0820. The summed E-state index contributed by atoms with van der Waals surface area (Å²) >= 11 is 0. The van der Waals surface area contributed by atoms with Crippen molar-refractivity contribution in [1.29, 1.82) is 0 Å². The van der Waals surface area contributed by atoms with Crippen LogP contribution in [0.1, 0.15) is 31.8 Å². The van der Waals surface area contributed by atoms with Gasteiger partial charge in [-0.25, -0.2) is 8.42 Å². The van der Waals surface area contributed by atoms with Gasteiger partial charge in [0.05, 0.1) is 10.5 Å². The number of benzene rings is 2. The number of carbonyl (C=O) groups excluding carboxylic acids is 2. The van der Waals surface area contributed by atoms with Crippen molar-refractivity contribution in [3.8, 4) is 12.3 Å². The summed E-state index contributed by atoms with van der Waals surface area (Å²) < 4.78 is 24.5. The van der Waals surface area contributed by atoms with Crippen LogP contribution >= 0.6 is 0 Å². The highest BCUT2D eigenvalue weighted by Crippen LogP contribution is 2.31. The summed E-state index contributed by atoms with van der Waals surface area (Å²) in [5.41, 5.74) is 0.512. The first-order valence-electron chi connectivity index (χ1n) is 6.45. The van der Waals surface area contributed by atoms with Gasteiger partial charge in [-0.3, -0.25) is 9.59 Å². The maximum atomic E-state index is 12.7. The number of ketones is 2. The molecule has 0 saturated heterocycles. The molecule has 1 aliphatic carbocycles. The van der Waals surface area contributed by atoms with E-state index in [4.69, 9.17) is 6.42 Å². The molecule has 0 radical (unpaired) electrons. The van der Waals surface area contributed by atoms with Gasteiger partial charge in [0.1, 0.15) is 5.75 Å². The number of hydrogen-bond donors (Lipinski definition) is 0. The van der Waals surface area contributed by atoms with Crippen LogP contribution in [0.4, 0.5) is 0 Å². The molecule has 0 atom stereocenters. The van der Waals surface area contributed by atoms with Crippen LogP contribution < -0.4 is 0 Å². The quantitative estimate of drug-likeness (QED) is 0.678. The fourth-order valence-electron chi connectivity index (χ4n) is 2.56. The molecule has 2 aromatic carbocycles. The van der Waals surface area contributed by atoms with Gasteiger partial charge in [-0.2, -0.15) is 0 Å². The van der Waals surface area contributed by atoms with Gasteiger partial charge >= 0.3 is 0 Å². The molecule has 0 amide bonds. The van der Waals surface area contributed by atoms with Gasteiger partial charge in [-0.1, -0.05) is 42.3 Å². The van der Waals surface area contributed by atoms with Crippen molar-refractivity contribution < 1.29 is 18.0 Å². The number of rotatable bonds is 2. The van der Waals surface area contributed by atoms with Crippen LogP contribution in [0, 0.1) is 12.3 Å². The zero-order chi connectivity index (χ0) is 15.9. The average Bonchev–Trinajstić information content (AvgIpc) is 2.52. The average molecular weight is 310 g/mol. The SMILES string of the molecule is C#CCS(=O)(=O)c1cccc2c1C(=O)c1ccccc1C2=O. The van der Waals surface area contributed by atoms with Crippen LogP contribution in [-0.2, 0) is 9.84 Å². The Labute approximate surface area is 127 Å². The molecule has 5 heteroatoms. The van der Waals surface area contributed by atoms with Gasteiger partial charge in [-0.15, -0.1) is 6.42 Å². The van der Waals surface area contributed by atoms with E-state index in [0.29, 0.717) is 0 Å². The molecule has 0 spiro atoms. The summed E-state index contributed by atoms with van der Waals surface area (Å²) in [5.74, 6) is 0.724. The molecule has 4 nitrogen and oxygen atoms in total. The number of hydrogen-bond acceptors (Lipinski definition) is 4. The second kappa shape index (κ2) is 4.93. The molecule has 2 aromatic rings. The van der Waals surface area contributed by atoms with E-state index < -0.39 is 21.4 Å². The van der Waals surface area contributed by atoms with Crippen molar-refractivity contribution in [1.82, 2.24) is 0 Å². The third-order valence-electron chi connectivity index (χ3n) is 3.52. The van der Waals surface area contributed by atoms with Crippen molar-refractivity contribution in [3.63, 3.8) is 0 Å². The van der Waals surface area contributed by atoms with E-state index >= 15 is 0 Å². The Morgan fingerprint density at radius 3 is 2.09 bits per heavy atom. The Morgan fingerprint density at radius 2 is 1.45 bits per heavy atom. The molecular formula is C17H10O4S. The van der Waals surface area contributed by atoms with Crippen LogP contribution in [-0.4, -0.2) is 25.7 Å². The van der Waals surface area contributed by atoms with Gasteiger partial charge in [-0.05, 0) is 6.07 Å². The maximum absolute atomic E-state index is 12.7. The minimum Gasteiger partial charge on any atom is -0.289 e. The van der Waals surface area contributed by atoms with Crippen molar-refractivity contribution in [2.75, 3.05) is 5.75 Å². The van der Waals surface area contributed by atoms with Gasteiger partial charge < -0.3 is 0 Å². The van der Waals surface area contributed by atoms with Crippen LogP contribution in [0.2, 0.25) is 0 Å². The van der Waals surface area contributed by atoms with E-state index in [1.54, 1.807) is 18.2 Å². The summed E-state index contributed by atoms with van der Waals surface area (Å²) in [6.07, 6.45) is 5.09. The molecule has 0 fully saturated rings. The molecule has 1 aliphatic rings. The molecule has 3 rings (SSSR count). The largest absolute Gasteiger partial charge is 0.289 e. The number of sulfone groups is 1. The van der Waals surface area contributed by atoms with E-state index in [9.17, 15) is 18.0 Å². The third-order valence-corrected chi connectivity index (χ3v) is 5.08. The second-order valence-electron chi connectivity index (χ2n) is 4.85. The van der Waals surface area contributed by atoms with Crippen molar-refractivity contribution >= 4 is 21.4 Å².